The van der Waals surface area contributed by atoms with E-state index in [-0.39, 0.29) is 5.41 Å². The molecule has 0 radical (unpaired) electrons. The maximum atomic E-state index is 12.2. The van der Waals surface area contributed by atoms with E-state index in [4.69, 9.17) is 10.3 Å². The van der Waals surface area contributed by atoms with Crippen molar-refractivity contribution in [2.45, 2.75) is 45.1 Å². The predicted molar refractivity (Wildman–Crippen MR) is 131 cm³/mol. The van der Waals surface area contributed by atoms with Crippen molar-refractivity contribution in [3.8, 4) is 11.8 Å². The van der Waals surface area contributed by atoms with E-state index in [0.717, 1.165) is 19.5 Å². The summed E-state index contributed by atoms with van der Waals surface area (Å²) >= 11 is 0. The van der Waals surface area contributed by atoms with E-state index in [2.05, 4.69) is 37.6 Å². The summed E-state index contributed by atoms with van der Waals surface area (Å²) in [5, 5.41) is 10.7. The number of anilines is 3. The van der Waals surface area contributed by atoms with Crippen LogP contribution in [0.2, 0.25) is 0 Å². The summed E-state index contributed by atoms with van der Waals surface area (Å²) in [5.74, 6) is 7.71. The molecule has 1 saturated heterocycles. The monoisotopic (exact) mass is 459 g/mol. The molecule has 0 aliphatic carbocycles. The molecular formula is C25H29N7O2. The second kappa shape index (κ2) is 9.93. The molecule has 0 saturated carbocycles. The minimum absolute atomic E-state index is 0.248. The van der Waals surface area contributed by atoms with Crippen molar-refractivity contribution in [1.82, 2.24) is 20.4 Å². The molecule has 9 heteroatoms. The van der Waals surface area contributed by atoms with Gasteiger partial charge >= 0.3 is 6.03 Å². The summed E-state index contributed by atoms with van der Waals surface area (Å²) in [6.45, 7) is 7.87. The van der Waals surface area contributed by atoms with Crippen LogP contribution in [0.1, 0.15) is 50.5 Å². The van der Waals surface area contributed by atoms with Crippen LogP contribution in [0.3, 0.4) is 0 Å². The summed E-state index contributed by atoms with van der Waals surface area (Å²) < 4.78 is 5.42. The highest BCUT2D eigenvalue weighted by Gasteiger charge is 2.24. The van der Waals surface area contributed by atoms with Crippen molar-refractivity contribution < 1.29 is 9.32 Å². The number of nitrogens with zero attached hydrogens (tertiary/aromatic N) is 4. The molecule has 2 aromatic heterocycles. The predicted octanol–water partition coefficient (Wildman–Crippen LogP) is 3.54. The maximum absolute atomic E-state index is 12.2. The number of nitrogens with one attached hydrogen (secondary N) is 2. The number of urea groups is 1. The molecule has 4 rings (SSSR count). The van der Waals surface area contributed by atoms with Gasteiger partial charge in [-0.2, -0.15) is 0 Å². The van der Waals surface area contributed by atoms with E-state index in [1.54, 1.807) is 36.7 Å². The van der Waals surface area contributed by atoms with E-state index in [9.17, 15) is 4.79 Å². The van der Waals surface area contributed by atoms with Crippen LogP contribution < -0.4 is 21.3 Å². The van der Waals surface area contributed by atoms with Crippen molar-refractivity contribution in [2.75, 3.05) is 23.3 Å². The van der Waals surface area contributed by atoms with Crippen LogP contribution in [0, 0.1) is 11.8 Å². The first-order valence-corrected chi connectivity index (χ1v) is 11.3. The SMILES string of the molecule is CC(C)(C)c1cc(N(C(N)=O)c2cccc(C#Cc3cnc(NCC4CCCN4)nc3)c2)no1. The number of hydrogen-bond donors (Lipinski definition) is 3. The van der Waals surface area contributed by atoms with E-state index >= 15 is 0 Å². The van der Waals surface area contributed by atoms with Crippen molar-refractivity contribution >= 4 is 23.5 Å². The summed E-state index contributed by atoms with van der Waals surface area (Å²) in [7, 11) is 0. The van der Waals surface area contributed by atoms with Crippen LogP contribution in [0.5, 0.6) is 0 Å². The second-order valence-electron chi connectivity index (χ2n) is 9.24. The van der Waals surface area contributed by atoms with Crippen molar-refractivity contribution in [3.05, 3.63) is 59.6 Å². The standard InChI is InChI=1S/C25H29N7O2/c1-25(2,3)21-13-22(31-34-21)32(23(26)33)20-8-4-6-17(12-20)9-10-18-14-28-24(29-15-18)30-16-19-7-5-11-27-19/h4,6,8,12-15,19,27H,5,7,11,16H2,1-3H3,(H2,26,33)(H,28,29,30). The number of nitrogens with two attached hydrogens (primary N) is 1. The topological polar surface area (TPSA) is 122 Å². The number of carbonyl (C=O) groups excluding carboxylic acids is 1. The molecule has 1 aromatic carbocycles. The molecule has 3 heterocycles. The number of primary amides is 1. The summed E-state index contributed by atoms with van der Waals surface area (Å²) in [6.07, 6.45) is 5.74. The normalized spacial score (nSPS) is 15.4. The fraction of sp³-hybridized carbons (Fsp3) is 0.360. The quantitative estimate of drug-likeness (QED) is 0.499. The minimum Gasteiger partial charge on any atom is -0.359 e. The molecule has 3 aromatic rings. The lowest BCUT2D eigenvalue weighted by Crippen LogP contribution is -2.31. The zero-order chi connectivity index (χ0) is 24.1. The Morgan fingerprint density at radius 1 is 1.24 bits per heavy atom. The highest BCUT2D eigenvalue weighted by atomic mass is 16.5. The number of amides is 2. The Balaban J connectivity index is 1.48. The maximum Gasteiger partial charge on any atom is 0.325 e. The summed E-state index contributed by atoms with van der Waals surface area (Å²) in [6, 6.07) is 8.72. The van der Waals surface area contributed by atoms with E-state index in [0.29, 0.717) is 40.4 Å². The lowest BCUT2D eigenvalue weighted by molar-refractivity contribution is 0.255. The van der Waals surface area contributed by atoms with Gasteiger partial charge in [0.25, 0.3) is 0 Å². The van der Waals surface area contributed by atoms with E-state index in [1.807, 2.05) is 26.8 Å². The number of carbonyl (C=O) groups is 1. The van der Waals surface area contributed by atoms with Gasteiger partial charge in [0.1, 0.15) is 5.76 Å². The summed E-state index contributed by atoms with van der Waals surface area (Å²) in [4.78, 5) is 22.2. The Hall–Kier alpha value is -3.90. The Labute approximate surface area is 199 Å². The van der Waals surface area contributed by atoms with Gasteiger partial charge in [0.15, 0.2) is 5.82 Å². The molecule has 176 valence electrons. The zero-order valence-corrected chi connectivity index (χ0v) is 19.6. The smallest absolute Gasteiger partial charge is 0.325 e. The number of aromatic nitrogens is 3. The Bertz CT molecular complexity index is 1200. The summed E-state index contributed by atoms with van der Waals surface area (Å²) in [5.41, 5.74) is 7.35. The molecule has 1 unspecified atom stereocenters. The van der Waals surface area contributed by atoms with Crippen molar-refractivity contribution in [2.24, 2.45) is 5.73 Å². The van der Waals surface area contributed by atoms with Gasteiger partial charge in [0.2, 0.25) is 5.95 Å². The van der Waals surface area contributed by atoms with Gasteiger partial charge in [-0.25, -0.2) is 19.7 Å². The van der Waals surface area contributed by atoms with Crippen LogP contribution in [0.15, 0.2) is 47.2 Å². The van der Waals surface area contributed by atoms with Gasteiger partial charge < -0.3 is 20.9 Å². The second-order valence-corrected chi connectivity index (χ2v) is 9.24. The highest BCUT2D eigenvalue weighted by molar-refractivity contribution is 5.97. The van der Waals surface area contributed by atoms with Gasteiger partial charge in [-0.05, 0) is 37.6 Å². The minimum atomic E-state index is -0.664. The first-order chi connectivity index (χ1) is 16.3. The molecule has 4 N–H and O–H groups in total. The Morgan fingerprint density at radius 3 is 2.65 bits per heavy atom. The van der Waals surface area contributed by atoms with Gasteiger partial charge in [-0.3, -0.25) is 0 Å². The Morgan fingerprint density at radius 2 is 2.00 bits per heavy atom. The third-order valence-corrected chi connectivity index (χ3v) is 5.46. The third-order valence-electron chi connectivity index (χ3n) is 5.46. The van der Waals surface area contributed by atoms with E-state index in [1.165, 1.54) is 11.3 Å². The van der Waals surface area contributed by atoms with Gasteiger partial charge in [0.05, 0.1) is 11.3 Å². The third kappa shape index (κ3) is 5.71. The molecule has 0 bridgehead atoms. The lowest BCUT2D eigenvalue weighted by atomic mass is 9.93. The van der Waals surface area contributed by atoms with Crippen LogP contribution in [0.4, 0.5) is 22.2 Å². The average Bonchev–Trinajstić information content (AvgIpc) is 3.50. The van der Waals surface area contributed by atoms with Gasteiger partial charge in [-0.1, -0.05) is 43.8 Å². The molecule has 0 spiro atoms. The fourth-order valence-corrected chi connectivity index (χ4v) is 3.59. The first kappa shape index (κ1) is 23.3. The molecule has 1 fully saturated rings. The molecule has 1 aliphatic rings. The number of hydrogen-bond acceptors (Lipinski definition) is 7. The number of rotatable bonds is 5. The molecule has 34 heavy (non-hydrogen) atoms. The average molecular weight is 460 g/mol. The number of benzene rings is 1. The van der Waals surface area contributed by atoms with Crippen LogP contribution >= 0.6 is 0 Å². The fourth-order valence-electron chi connectivity index (χ4n) is 3.59. The van der Waals surface area contributed by atoms with Crippen molar-refractivity contribution in [1.29, 1.82) is 0 Å². The van der Waals surface area contributed by atoms with Crippen LogP contribution in [-0.2, 0) is 5.41 Å². The van der Waals surface area contributed by atoms with Crippen molar-refractivity contribution in [3.63, 3.8) is 0 Å². The Kier molecular flexibility index (Phi) is 6.80. The first-order valence-electron chi connectivity index (χ1n) is 11.3. The van der Waals surface area contributed by atoms with Crippen LogP contribution in [0.25, 0.3) is 0 Å². The molecule has 9 nitrogen and oxygen atoms in total. The van der Waals surface area contributed by atoms with Gasteiger partial charge in [-0.15, -0.1) is 0 Å². The molecular weight excluding hydrogens is 430 g/mol. The van der Waals surface area contributed by atoms with E-state index < -0.39 is 6.03 Å². The molecule has 2 amide bonds. The lowest BCUT2D eigenvalue weighted by Gasteiger charge is -2.17. The molecule has 1 aliphatic heterocycles. The molecule has 1 atom stereocenters. The highest BCUT2D eigenvalue weighted by Crippen LogP contribution is 2.30. The largest absolute Gasteiger partial charge is 0.359 e. The zero-order valence-electron chi connectivity index (χ0n) is 19.6. The van der Waals surface area contributed by atoms with Gasteiger partial charge in [0, 0.05) is 42.0 Å². The van der Waals surface area contributed by atoms with Crippen LogP contribution in [-0.4, -0.2) is 40.3 Å².